The molecule has 1 aliphatic carbocycles. The first-order chi connectivity index (χ1) is 7.22. The first-order valence-corrected chi connectivity index (χ1v) is 6.24. The standard InChI is InChI=1S/C12H25NO2/c1-10(9-14)3-2-8-13-11-4-6-12(15)7-5-11/h10-15H,2-9H2,1H3. The molecule has 1 unspecified atom stereocenters. The molecule has 0 heterocycles. The second kappa shape index (κ2) is 7.20. The predicted octanol–water partition coefficient (Wildman–Crippen LogP) is 1.29. The summed E-state index contributed by atoms with van der Waals surface area (Å²) < 4.78 is 0. The van der Waals surface area contributed by atoms with Gasteiger partial charge in [0.2, 0.25) is 0 Å². The van der Waals surface area contributed by atoms with Gasteiger partial charge in [0, 0.05) is 12.6 Å². The topological polar surface area (TPSA) is 52.5 Å². The largest absolute Gasteiger partial charge is 0.396 e. The van der Waals surface area contributed by atoms with Gasteiger partial charge in [-0.15, -0.1) is 0 Å². The Labute approximate surface area is 92.9 Å². The summed E-state index contributed by atoms with van der Waals surface area (Å²) in [6.07, 6.45) is 6.29. The summed E-state index contributed by atoms with van der Waals surface area (Å²) in [7, 11) is 0. The highest BCUT2D eigenvalue weighted by Crippen LogP contribution is 2.18. The van der Waals surface area contributed by atoms with Gasteiger partial charge in [0.25, 0.3) is 0 Å². The maximum absolute atomic E-state index is 9.35. The lowest BCUT2D eigenvalue weighted by atomic mass is 9.93. The van der Waals surface area contributed by atoms with Crippen molar-refractivity contribution >= 4 is 0 Å². The number of aliphatic hydroxyl groups is 2. The molecule has 1 fully saturated rings. The number of rotatable bonds is 6. The fourth-order valence-electron chi connectivity index (χ4n) is 2.13. The molecule has 3 N–H and O–H groups in total. The first-order valence-electron chi connectivity index (χ1n) is 6.24. The Morgan fingerprint density at radius 1 is 1.27 bits per heavy atom. The molecule has 0 aromatic carbocycles. The number of hydrogen-bond donors (Lipinski definition) is 3. The van der Waals surface area contributed by atoms with Crippen LogP contribution in [0.3, 0.4) is 0 Å². The molecular formula is C12H25NO2. The number of aliphatic hydroxyl groups excluding tert-OH is 2. The van der Waals surface area contributed by atoms with E-state index in [1.165, 1.54) is 0 Å². The summed E-state index contributed by atoms with van der Waals surface area (Å²) in [5, 5.41) is 21.7. The van der Waals surface area contributed by atoms with Gasteiger partial charge in [-0.1, -0.05) is 6.92 Å². The van der Waals surface area contributed by atoms with Crippen molar-refractivity contribution in [1.82, 2.24) is 5.32 Å². The summed E-state index contributed by atoms with van der Waals surface area (Å²) >= 11 is 0. The molecule has 0 saturated heterocycles. The zero-order valence-electron chi connectivity index (χ0n) is 9.78. The summed E-state index contributed by atoms with van der Waals surface area (Å²) in [6.45, 7) is 3.43. The molecule has 1 atom stereocenters. The van der Waals surface area contributed by atoms with E-state index in [1.807, 2.05) is 0 Å². The van der Waals surface area contributed by atoms with Crippen LogP contribution in [0.1, 0.15) is 45.4 Å². The van der Waals surface area contributed by atoms with Crippen molar-refractivity contribution < 1.29 is 10.2 Å². The molecule has 1 aliphatic rings. The van der Waals surface area contributed by atoms with Crippen LogP contribution >= 0.6 is 0 Å². The third-order valence-electron chi connectivity index (χ3n) is 3.32. The van der Waals surface area contributed by atoms with Gasteiger partial charge in [0.15, 0.2) is 0 Å². The highest BCUT2D eigenvalue weighted by Gasteiger charge is 2.18. The zero-order chi connectivity index (χ0) is 11.1. The van der Waals surface area contributed by atoms with E-state index in [0.29, 0.717) is 18.6 Å². The van der Waals surface area contributed by atoms with Crippen molar-refractivity contribution in [2.24, 2.45) is 5.92 Å². The Kier molecular flexibility index (Phi) is 6.22. The summed E-state index contributed by atoms with van der Waals surface area (Å²) in [5.41, 5.74) is 0. The molecule has 0 spiro atoms. The molecule has 0 bridgehead atoms. The molecule has 1 saturated carbocycles. The smallest absolute Gasteiger partial charge is 0.0541 e. The molecule has 0 amide bonds. The van der Waals surface area contributed by atoms with E-state index >= 15 is 0 Å². The van der Waals surface area contributed by atoms with Crippen LogP contribution in [0, 0.1) is 5.92 Å². The molecule has 0 aliphatic heterocycles. The quantitative estimate of drug-likeness (QED) is 0.585. The first kappa shape index (κ1) is 12.9. The van der Waals surface area contributed by atoms with Gasteiger partial charge >= 0.3 is 0 Å². The van der Waals surface area contributed by atoms with Crippen molar-refractivity contribution in [2.45, 2.75) is 57.6 Å². The fourth-order valence-corrected chi connectivity index (χ4v) is 2.13. The minimum atomic E-state index is -0.0579. The van der Waals surface area contributed by atoms with Crippen molar-refractivity contribution in [3.63, 3.8) is 0 Å². The second-order valence-electron chi connectivity index (χ2n) is 4.89. The highest BCUT2D eigenvalue weighted by atomic mass is 16.3. The van der Waals surface area contributed by atoms with E-state index in [-0.39, 0.29) is 6.10 Å². The number of nitrogens with one attached hydrogen (secondary N) is 1. The SMILES string of the molecule is CC(CO)CCCNC1CCC(O)CC1. The van der Waals surface area contributed by atoms with Crippen LogP contribution in [0.2, 0.25) is 0 Å². The third kappa shape index (κ3) is 5.50. The monoisotopic (exact) mass is 215 g/mol. The Morgan fingerprint density at radius 3 is 2.53 bits per heavy atom. The Balaban J connectivity index is 1.96. The lowest BCUT2D eigenvalue weighted by molar-refractivity contribution is 0.116. The third-order valence-corrected chi connectivity index (χ3v) is 3.32. The lowest BCUT2D eigenvalue weighted by Crippen LogP contribution is -2.35. The minimum Gasteiger partial charge on any atom is -0.396 e. The van der Waals surface area contributed by atoms with E-state index < -0.39 is 0 Å². The van der Waals surface area contributed by atoms with Crippen molar-refractivity contribution in [3.8, 4) is 0 Å². The second-order valence-corrected chi connectivity index (χ2v) is 4.89. The zero-order valence-corrected chi connectivity index (χ0v) is 9.78. The molecule has 0 aromatic rings. The van der Waals surface area contributed by atoms with E-state index in [9.17, 15) is 5.11 Å². The molecular weight excluding hydrogens is 190 g/mol. The maximum atomic E-state index is 9.35. The van der Waals surface area contributed by atoms with Gasteiger partial charge in [-0.2, -0.15) is 0 Å². The van der Waals surface area contributed by atoms with Crippen LogP contribution in [-0.4, -0.2) is 35.5 Å². The molecule has 15 heavy (non-hydrogen) atoms. The van der Waals surface area contributed by atoms with Gasteiger partial charge in [-0.3, -0.25) is 0 Å². The Morgan fingerprint density at radius 2 is 1.93 bits per heavy atom. The lowest BCUT2D eigenvalue weighted by Gasteiger charge is -2.26. The predicted molar refractivity (Wildman–Crippen MR) is 61.7 cm³/mol. The van der Waals surface area contributed by atoms with Gasteiger partial charge in [-0.05, 0) is 51.0 Å². The van der Waals surface area contributed by atoms with Crippen molar-refractivity contribution in [2.75, 3.05) is 13.2 Å². The van der Waals surface area contributed by atoms with Gasteiger partial charge in [-0.25, -0.2) is 0 Å². The Bertz CT molecular complexity index is 156. The van der Waals surface area contributed by atoms with Crippen LogP contribution in [-0.2, 0) is 0 Å². The molecule has 3 heteroatoms. The summed E-state index contributed by atoms with van der Waals surface area (Å²) in [4.78, 5) is 0. The maximum Gasteiger partial charge on any atom is 0.0541 e. The highest BCUT2D eigenvalue weighted by molar-refractivity contribution is 4.76. The minimum absolute atomic E-state index is 0.0579. The molecule has 0 radical (unpaired) electrons. The molecule has 3 nitrogen and oxygen atoms in total. The average molecular weight is 215 g/mol. The van der Waals surface area contributed by atoms with Crippen LogP contribution in [0.4, 0.5) is 0 Å². The number of hydrogen-bond acceptors (Lipinski definition) is 3. The molecule has 0 aromatic heterocycles. The van der Waals surface area contributed by atoms with E-state index in [2.05, 4.69) is 12.2 Å². The van der Waals surface area contributed by atoms with Crippen LogP contribution in [0.25, 0.3) is 0 Å². The van der Waals surface area contributed by atoms with Gasteiger partial charge in [0.05, 0.1) is 6.10 Å². The van der Waals surface area contributed by atoms with Gasteiger partial charge in [0.1, 0.15) is 0 Å². The van der Waals surface area contributed by atoms with Gasteiger partial charge < -0.3 is 15.5 Å². The van der Waals surface area contributed by atoms with Crippen LogP contribution < -0.4 is 5.32 Å². The van der Waals surface area contributed by atoms with Crippen molar-refractivity contribution in [3.05, 3.63) is 0 Å². The Hall–Kier alpha value is -0.120. The summed E-state index contributed by atoms with van der Waals surface area (Å²) in [5.74, 6) is 0.431. The molecule has 1 rings (SSSR count). The van der Waals surface area contributed by atoms with E-state index in [4.69, 9.17) is 5.11 Å². The normalized spacial score (nSPS) is 29.0. The van der Waals surface area contributed by atoms with Crippen LogP contribution in [0.5, 0.6) is 0 Å². The molecule has 90 valence electrons. The van der Waals surface area contributed by atoms with E-state index in [0.717, 1.165) is 45.1 Å². The average Bonchev–Trinajstić information content (AvgIpc) is 2.26. The van der Waals surface area contributed by atoms with E-state index in [1.54, 1.807) is 0 Å². The van der Waals surface area contributed by atoms with Crippen molar-refractivity contribution in [1.29, 1.82) is 0 Å². The summed E-state index contributed by atoms with van der Waals surface area (Å²) in [6, 6.07) is 0.609. The van der Waals surface area contributed by atoms with Crippen LogP contribution in [0.15, 0.2) is 0 Å². The fraction of sp³-hybridized carbons (Fsp3) is 1.00.